The summed E-state index contributed by atoms with van der Waals surface area (Å²) in [7, 11) is 0. The number of likely N-dealkylation sites (tertiary alicyclic amines) is 1. The number of rotatable bonds is 5. The summed E-state index contributed by atoms with van der Waals surface area (Å²) in [6, 6.07) is 6.59. The molecule has 1 unspecified atom stereocenters. The summed E-state index contributed by atoms with van der Waals surface area (Å²) in [6.07, 6.45) is 3.83. The smallest absolute Gasteiger partial charge is 0.225 e. The van der Waals surface area contributed by atoms with Gasteiger partial charge in [-0.15, -0.1) is 12.4 Å². The van der Waals surface area contributed by atoms with Gasteiger partial charge in [-0.05, 0) is 31.5 Å². The minimum Gasteiger partial charge on any atom is -0.329 e. The maximum absolute atomic E-state index is 13.4. The van der Waals surface area contributed by atoms with Crippen LogP contribution in [-0.4, -0.2) is 36.5 Å². The molecule has 0 bridgehead atoms. The Morgan fingerprint density at radius 3 is 2.86 bits per heavy atom. The van der Waals surface area contributed by atoms with Crippen LogP contribution in [0.25, 0.3) is 0 Å². The van der Waals surface area contributed by atoms with Gasteiger partial charge in [-0.1, -0.05) is 18.6 Å². The van der Waals surface area contributed by atoms with E-state index in [2.05, 4.69) is 10.2 Å². The minimum atomic E-state index is -0.404. The molecule has 1 aromatic carbocycles. The van der Waals surface area contributed by atoms with E-state index >= 15 is 0 Å². The summed E-state index contributed by atoms with van der Waals surface area (Å²) < 4.78 is 13.4. The Labute approximate surface area is 131 Å². The van der Waals surface area contributed by atoms with Crippen molar-refractivity contribution in [3.8, 4) is 0 Å². The van der Waals surface area contributed by atoms with E-state index in [4.69, 9.17) is 5.73 Å². The van der Waals surface area contributed by atoms with Crippen molar-refractivity contribution in [2.75, 3.05) is 25.0 Å². The van der Waals surface area contributed by atoms with Crippen LogP contribution in [0.3, 0.4) is 0 Å². The van der Waals surface area contributed by atoms with E-state index < -0.39 is 5.82 Å². The number of anilines is 1. The number of carbonyl (C=O) groups excluding carboxylic acids is 1. The van der Waals surface area contributed by atoms with Crippen LogP contribution in [0, 0.1) is 5.82 Å². The zero-order valence-corrected chi connectivity index (χ0v) is 12.9. The molecule has 1 fully saturated rings. The summed E-state index contributed by atoms with van der Waals surface area (Å²) in [6.45, 7) is 2.31. The van der Waals surface area contributed by atoms with Gasteiger partial charge in [0.25, 0.3) is 0 Å². The van der Waals surface area contributed by atoms with Crippen molar-refractivity contribution >= 4 is 24.0 Å². The first-order chi connectivity index (χ1) is 9.70. The topological polar surface area (TPSA) is 58.4 Å². The summed E-state index contributed by atoms with van der Waals surface area (Å²) in [5.74, 6) is -0.560. The van der Waals surface area contributed by atoms with Crippen LogP contribution in [0.15, 0.2) is 24.3 Å². The predicted molar refractivity (Wildman–Crippen MR) is 85.2 cm³/mol. The second-order valence-electron chi connectivity index (χ2n) is 5.20. The predicted octanol–water partition coefficient (Wildman–Crippen LogP) is 2.39. The molecule has 1 aromatic rings. The lowest BCUT2D eigenvalue weighted by molar-refractivity contribution is -0.116. The quantitative estimate of drug-likeness (QED) is 0.877. The highest BCUT2D eigenvalue weighted by molar-refractivity contribution is 5.90. The van der Waals surface area contributed by atoms with Crippen molar-refractivity contribution in [1.29, 1.82) is 0 Å². The number of hydrogen-bond donors (Lipinski definition) is 2. The number of carbonyl (C=O) groups is 1. The second-order valence-corrected chi connectivity index (χ2v) is 5.20. The molecule has 0 aliphatic carbocycles. The van der Waals surface area contributed by atoms with E-state index in [1.165, 1.54) is 12.5 Å². The molecule has 0 aromatic heterocycles. The lowest BCUT2D eigenvalue weighted by atomic mass is 10.0. The van der Waals surface area contributed by atoms with E-state index in [1.807, 2.05) is 0 Å². The molecule has 1 heterocycles. The first-order valence-electron chi connectivity index (χ1n) is 7.19. The largest absolute Gasteiger partial charge is 0.329 e. The maximum atomic E-state index is 13.4. The third-order valence-corrected chi connectivity index (χ3v) is 3.80. The Kier molecular flexibility index (Phi) is 7.64. The fraction of sp³-hybridized carbons (Fsp3) is 0.533. The van der Waals surface area contributed by atoms with Crippen molar-refractivity contribution in [3.05, 3.63) is 30.1 Å². The second kappa shape index (κ2) is 8.97. The number of amides is 1. The van der Waals surface area contributed by atoms with E-state index in [9.17, 15) is 9.18 Å². The summed E-state index contributed by atoms with van der Waals surface area (Å²) in [5, 5.41) is 2.61. The van der Waals surface area contributed by atoms with Gasteiger partial charge in [-0.3, -0.25) is 9.69 Å². The van der Waals surface area contributed by atoms with Gasteiger partial charge < -0.3 is 11.1 Å². The van der Waals surface area contributed by atoms with E-state index in [0.29, 0.717) is 25.6 Å². The van der Waals surface area contributed by atoms with Crippen LogP contribution < -0.4 is 11.1 Å². The third-order valence-electron chi connectivity index (χ3n) is 3.80. The number of nitrogens with one attached hydrogen (secondary N) is 1. The Balaban J connectivity index is 0.00000220. The average molecular weight is 316 g/mol. The summed E-state index contributed by atoms with van der Waals surface area (Å²) in [4.78, 5) is 14.1. The zero-order valence-electron chi connectivity index (χ0n) is 12.1. The molecule has 1 saturated heterocycles. The molecular formula is C15H23ClFN3O. The Hall–Kier alpha value is -1.17. The Bertz CT molecular complexity index is 458. The van der Waals surface area contributed by atoms with Gasteiger partial charge in [0.1, 0.15) is 5.82 Å². The fourth-order valence-electron chi connectivity index (χ4n) is 2.64. The van der Waals surface area contributed by atoms with Crippen molar-refractivity contribution in [2.24, 2.45) is 5.73 Å². The minimum absolute atomic E-state index is 0. The molecule has 2 rings (SSSR count). The third kappa shape index (κ3) is 5.26. The molecule has 0 spiro atoms. The SMILES string of the molecule is Cl.NCC1CCCCN1CCC(=O)Nc1ccccc1F. The number of nitrogens with zero attached hydrogens (tertiary/aromatic N) is 1. The molecular weight excluding hydrogens is 293 g/mol. The maximum Gasteiger partial charge on any atom is 0.225 e. The van der Waals surface area contributed by atoms with Crippen molar-refractivity contribution in [3.63, 3.8) is 0 Å². The first kappa shape index (κ1) is 17.9. The van der Waals surface area contributed by atoms with E-state index in [1.54, 1.807) is 18.2 Å². The number of piperidine rings is 1. The summed E-state index contributed by atoms with van der Waals surface area (Å²) in [5.41, 5.74) is 5.99. The standard InChI is InChI=1S/C15H22FN3O.ClH/c16-13-6-1-2-7-14(13)18-15(20)8-10-19-9-4-3-5-12(19)11-17;/h1-2,6-7,12H,3-5,8-11,17H2,(H,18,20);1H. The van der Waals surface area contributed by atoms with Gasteiger partial charge in [0.05, 0.1) is 5.69 Å². The number of nitrogens with two attached hydrogens (primary N) is 1. The van der Waals surface area contributed by atoms with Crippen LogP contribution in [0.4, 0.5) is 10.1 Å². The van der Waals surface area contributed by atoms with Gasteiger partial charge in [0.15, 0.2) is 0 Å². The van der Waals surface area contributed by atoms with E-state index in [0.717, 1.165) is 19.4 Å². The number of para-hydroxylation sites is 1. The lowest BCUT2D eigenvalue weighted by Gasteiger charge is -2.34. The van der Waals surface area contributed by atoms with Gasteiger partial charge in [0.2, 0.25) is 5.91 Å². The highest BCUT2D eigenvalue weighted by atomic mass is 35.5. The average Bonchev–Trinajstić information content (AvgIpc) is 2.48. The molecule has 1 aliphatic rings. The molecule has 3 N–H and O–H groups in total. The highest BCUT2D eigenvalue weighted by Gasteiger charge is 2.21. The van der Waals surface area contributed by atoms with Gasteiger partial charge >= 0.3 is 0 Å². The van der Waals surface area contributed by atoms with Crippen molar-refractivity contribution in [2.45, 2.75) is 31.7 Å². The highest BCUT2D eigenvalue weighted by Crippen LogP contribution is 2.17. The van der Waals surface area contributed by atoms with E-state index in [-0.39, 0.29) is 24.0 Å². The molecule has 6 heteroatoms. The van der Waals surface area contributed by atoms with Crippen LogP contribution >= 0.6 is 12.4 Å². The molecule has 0 radical (unpaired) electrons. The summed E-state index contributed by atoms with van der Waals surface area (Å²) >= 11 is 0. The molecule has 21 heavy (non-hydrogen) atoms. The first-order valence-corrected chi connectivity index (χ1v) is 7.19. The molecule has 118 valence electrons. The van der Waals surface area contributed by atoms with Crippen LogP contribution in [0.2, 0.25) is 0 Å². The Morgan fingerprint density at radius 2 is 2.14 bits per heavy atom. The molecule has 1 atom stereocenters. The lowest BCUT2D eigenvalue weighted by Crippen LogP contribution is -2.45. The number of halogens is 2. The van der Waals surface area contributed by atoms with Crippen LogP contribution in [-0.2, 0) is 4.79 Å². The van der Waals surface area contributed by atoms with Gasteiger partial charge in [-0.25, -0.2) is 4.39 Å². The van der Waals surface area contributed by atoms with Crippen LogP contribution in [0.1, 0.15) is 25.7 Å². The monoisotopic (exact) mass is 315 g/mol. The molecule has 1 aliphatic heterocycles. The van der Waals surface area contributed by atoms with Gasteiger partial charge in [0, 0.05) is 25.6 Å². The molecule has 4 nitrogen and oxygen atoms in total. The van der Waals surface area contributed by atoms with Crippen molar-refractivity contribution < 1.29 is 9.18 Å². The molecule has 1 amide bonds. The van der Waals surface area contributed by atoms with Crippen LogP contribution in [0.5, 0.6) is 0 Å². The fourth-order valence-corrected chi connectivity index (χ4v) is 2.64. The van der Waals surface area contributed by atoms with Gasteiger partial charge in [-0.2, -0.15) is 0 Å². The van der Waals surface area contributed by atoms with Crippen molar-refractivity contribution in [1.82, 2.24) is 4.90 Å². The number of benzene rings is 1. The molecule has 0 saturated carbocycles. The zero-order chi connectivity index (χ0) is 14.4. The normalized spacial score (nSPS) is 18.9. The Morgan fingerprint density at radius 1 is 1.38 bits per heavy atom. The number of hydrogen-bond acceptors (Lipinski definition) is 3.